The summed E-state index contributed by atoms with van der Waals surface area (Å²) in [5, 5.41) is 0. The fraction of sp³-hybridized carbons (Fsp3) is 0.217. The second kappa shape index (κ2) is 7.70. The molecular formula is C23H21FN2O. The lowest BCUT2D eigenvalue weighted by Gasteiger charge is -2.32. The van der Waals surface area contributed by atoms with Crippen LogP contribution in [-0.2, 0) is 0 Å². The third kappa shape index (κ3) is 3.90. The molecule has 0 aliphatic carbocycles. The third-order valence-corrected chi connectivity index (χ3v) is 5.06. The van der Waals surface area contributed by atoms with Crippen LogP contribution in [-0.4, -0.2) is 28.9 Å². The first-order chi connectivity index (χ1) is 13.2. The Kier molecular flexibility index (Phi) is 4.97. The molecule has 1 fully saturated rings. The van der Waals surface area contributed by atoms with Crippen LogP contribution in [0.5, 0.6) is 0 Å². The number of benzene rings is 2. The molecule has 136 valence electrons. The number of carbonyl (C=O) groups is 1. The van der Waals surface area contributed by atoms with E-state index in [0.717, 1.165) is 41.9 Å². The smallest absolute Gasteiger partial charge is 0.253 e. The van der Waals surface area contributed by atoms with E-state index >= 15 is 0 Å². The Morgan fingerprint density at radius 3 is 2.52 bits per heavy atom. The van der Waals surface area contributed by atoms with Crippen molar-refractivity contribution in [3.63, 3.8) is 0 Å². The highest BCUT2D eigenvalue weighted by Crippen LogP contribution is 2.28. The predicted molar refractivity (Wildman–Crippen MR) is 104 cm³/mol. The van der Waals surface area contributed by atoms with Crippen molar-refractivity contribution in [2.45, 2.75) is 18.8 Å². The summed E-state index contributed by atoms with van der Waals surface area (Å²) >= 11 is 0. The number of likely N-dealkylation sites (tertiary alicyclic amines) is 1. The maximum atomic E-state index is 13.2. The van der Waals surface area contributed by atoms with Gasteiger partial charge in [0.05, 0.1) is 5.69 Å². The van der Waals surface area contributed by atoms with Gasteiger partial charge < -0.3 is 4.90 Å². The molecule has 0 unspecified atom stereocenters. The average Bonchev–Trinajstić information content (AvgIpc) is 2.74. The maximum Gasteiger partial charge on any atom is 0.253 e. The Bertz CT molecular complexity index is 925. The van der Waals surface area contributed by atoms with Crippen molar-refractivity contribution in [2.24, 2.45) is 0 Å². The van der Waals surface area contributed by atoms with Gasteiger partial charge in [0.2, 0.25) is 0 Å². The highest BCUT2D eigenvalue weighted by molar-refractivity contribution is 5.94. The van der Waals surface area contributed by atoms with Crippen molar-refractivity contribution in [3.8, 4) is 11.3 Å². The highest BCUT2D eigenvalue weighted by Gasteiger charge is 2.26. The van der Waals surface area contributed by atoms with E-state index in [1.54, 1.807) is 12.1 Å². The molecule has 27 heavy (non-hydrogen) atoms. The zero-order valence-electron chi connectivity index (χ0n) is 15.0. The third-order valence-electron chi connectivity index (χ3n) is 5.06. The molecule has 0 bridgehead atoms. The molecule has 3 nitrogen and oxygen atoms in total. The van der Waals surface area contributed by atoms with Gasteiger partial charge in [0.1, 0.15) is 5.82 Å². The average molecular weight is 360 g/mol. The molecule has 1 amide bonds. The van der Waals surface area contributed by atoms with Crippen molar-refractivity contribution in [1.29, 1.82) is 0 Å². The predicted octanol–water partition coefficient (Wildman–Crippen LogP) is 4.91. The molecule has 0 saturated carbocycles. The van der Waals surface area contributed by atoms with Crippen LogP contribution in [0.15, 0.2) is 72.8 Å². The van der Waals surface area contributed by atoms with Crippen molar-refractivity contribution in [3.05, 3.63) is 89.9 Å². The van der Waals surface area contributed by atoms with Crippen LogP contribution < -0.4 is 0 Å². The molecule has 1 aliphatic rings. The molecule has 4 heteroatoms. The van der Waals surface area contributed by atoms with Crippen LogP contribution in [0.4, 0.5) is 4.39 Å². The minimum atomic E-state index is -0.253. The zero-order chi connectivity index (χ0) is 18.6. The fourth-order valence-electron chi connectivity index (χ4n) is 3.63. The van der Waals surface area contributed by atoms with Crippen molar-refractivity contribution in [1.82, 2.24) is 9.88 Å². The van der Waals surface area contributed by atoms with Gasteiger partial charge in [-0.25, -0.2) is 4.39 Å². The van der Waals surface area contributed by atoms with Gasteiger partial charge in [-0.15, -0.1) is 0 Å². The first kappa shape index (κ1) is 17.4. The second-order valence-electron chi connectivity index (χ2n) is 6.91. The van der Waals surface area contributed by atoms with Crippen LogP contribution in [0.3, 0.4) is 0 Å². The summed E-state index contributed by atoms with van der Waals surface area (Å²) in [5.41, 5.74) is 3.44. The molecule has 2 aromatic carbocycles. The molecule has 1 aromatic heterocycles. The lowest BCUT2D eigenvalue weighted by atomic mass is 9.93. The van der Waals surface area contributed by atoms with Crippen molar-refractivity contribution < 1.29 is 9.18 Å². The molecule has 0 spiro atoms. The number of hydrogen-bond acceptors (Lipinski definition) is 2. The Labute approximate surface area is 158 Å². The van der Waals surface area contributed by atoms with Crippen LogP contribution in [0.1, 0.15) is 34.8 Å². The number of halogens is 1. The standard InChI is InChI=1S/C23H21FN2O/c24-20-13-11-17(12-14-20)21-9-4-10-22(25-21)19-8-5-15-26(16-19)23(27)18-6-2-1-3-7-18/h1-4,6-7,9-14,19H,5,8,15-16H2/t19-/m0/s1. The Morgan fingerprint density at radius 2 is 1.74 bits per heavy atom. The van der Waals surface area contributed by atoms with E-state index in [1.165, 1.54) is 12.1 Å². The van der Waals surface area contributed by atoms with Crippen LogP contribution in [0.2, 0.25) is 0 Å². The van der Waals surface area contributed by atoms with E-state index in [9.17, 15) is 9.18 Å². The minimum absolute atomic E-state index is 0.0787. The molecule has 1 aliphatic heterocycles. The fourth-order valence-corrected chi connectivity index (χ4v) is 3.63. The lowest BCUT2D eigenvalue weighted by molar-refractivity contribution is 0.0706. The number of hydrogen-bond donors (Lipinski definition) is 0. The molecular weight excluding hydrogens is 339 g/mol. The second-order valence-corrected chi connectivity index (χ2v) is 6.91. The number of nitrogens with zero attached hydrogens (tertiary/aromatic N) is 2. The van der Waals surface area contributed by atoms with Crippen LogP contribution in [0.25, 0.3) is 11.3 Å². The van der Waals surface area contributed by atoms with E-state index in [1.807, 2.05) is 53.4 Å². The summed E-state index contributed by atoms with van der Waals surface area (Å²) in [5.74, 6) is 0.0408. The van der Waals surface area contributed by atoms with Crippen molar-refractivity contribution in [2.75, 3.05) is 13.1 Å². The lowest BCUT2D eigenvalue weighted by Crippen LogP contribution is -2.39. The SMILES string of the molecule is O=C(c1ccccc1)N1CCC[C@H](c2cccc(-c3ccc(F)cc3)n2)C1. The van der Waals surface area contributed by atoms with Crippen LogP contribution >= 0.6 is 0 Å². The quantitative estimate of drug-likeness (QED) is 0.665. The summed E-state index contributed by atoms with van der Waals surface area (Å²) < 4.78 is 13.2. The first-order valence-corrected chi connectivity index (χ1v) is 9.28. The normalized spacial score (nSPS) is 16.9. The number of pyridine rings is 1. The van der Waals surface area contributed by atoms with Gasteiger partial charge in [0.25, 0.3) is 5.91 Å². The van der Waals surface area contributed by atoms with E-state index in [2.05, 4.69) is 0 Å². The molecule has 0 radical (unpaired) electrons. The number of carbonyl (C=O) groups excluding carboxylic acids is 1. The number of amides is 1. The monoisotopic (exact) mass is 360 g/mol. The van der Waals surface area contributed by atoms with Gasteiger partial charge in [0.15, 0.2) is 0 Å². The molecule has 3 aromatic rings. The molecule has 2 heterocycles. The Morgan fingerprint density at radius 1 is 0.963 bits per heavy atom. The van der Waals surface area contributed by atoms with Crippen LogP contribution in [0, 0.1) is 5.82 Å². The summed E-state index contributed by atoms with van der Waals surface area (Å²) in [6.07, 6.45) is 1.98. The Hall–Kier alpha value is -3.01. The number of piperidine rings is 1. The topological polar surface area (TPSA) is 33.2 Å². The zero-order valence-corrected chi connectivity index (χ0v) is 15.0. The molecule has 4 rings (SSSR count). The maximum absolute atomic E-state index is 13.2. The van der Waals surface area contributed by atoms with Gasteiger partial charge in [-0.05, 0) is 61.4 Å². The highest BCUT2D eigenvalue weighted by atomic mass is 19.1. The summed E-state index contributed by atoms with van der Waals surface area (Å²) in [7, 11) is 0. The van der Waals surface area contributed by atoms with E-state index in [0.29, 0.717) is 6.54 Å². The summed E-state index contributed by atoms with van der Waals surface area (Å²) in [6.45, 7) is 1.45. The summed E-state index contributed by atoms with van der Waals surface area (Å²) in [4.78, 5) is 19.5. The van der Waals surface area contributed by atoms with E-state index < -0.39 is 0 Å². The largest absolute Gasteiger partial charge is 0.338 e. The molecule has 0 N–H and O–H groups in total. The molecule has 1 saturated heterocycles. The summed E-state index contributed by atoms with van der Waals surface area (Å²) in [6, 6.07) is 21.7. The number of rotatable bonds is 3. The van der Waals surface area contributed by atoms with Gasteiger partial charge in [-0.3, -0.25) is 9.78 Å². The Balaban J connectivity index is 1.54. The minimum Gasteiger partial charge on any atom is -0.338 e. The van der Waals surface area contributed by atoms with Gasteiger partial charge in [-0.1, -0.05) is 24.3 Å². The number of aromatic nitrogens is 1. The van der Waals surface area contributed by atoms with E-state index in [4.69, 9.17) is 4.98 Å². The first-order valence-electron chi connectivity index (χ1n) is 9.28. The van der Waals surface area contributed by atoms with E-state index in [-0.39, 0.29) is 17.6 Å². The van der Waals surface area contributed by atoms with Gasteiger partial charge in [0, 0.05) is 35.8 Å². The van der Waals surface area contributed by atoms with Crippen molar-refractivity contribution >= 4 is 5.91 Å². The van der Waals surface area contributed by atoms with Gasteiger partial charge in [-0.2, -0.15) is 0 Å². The molecule has 1 atom stereocenters. The van der Waals surface area contributed by atoms with Gasteiger partial charge >= 0.3 is 0 Å².